The molecule has 1 aliphatic rings. The molecule has 35 nitrogen and oxygen atoms in total. The molecule has 89 heavy (non-hydrogen) atoms. The van der Waals surface area contributed by atoms with Crippen LogP contribution in [0.25, 0.3) is 0 Å². The number of carbonyl (C=O) groups is 10. The maximum atomic E-state index is 14.5. The Bertz CT molecular complexity index is 2420. The topological polar surface area (TPSA) is 624 Å². The van der Waals surface area contributed by atoms with E-state index in [-0.39, 0.29) is 89.2 Å². The van der Waals surface area contributed by atoms with Crippen molar-refractivity contribution in [3.8, 4) is 0 Å². The number of aliphatic imine (C=N–C) groups is 1. The van der Waals surface area contributed by atoms with E-state index in [9.17, 15) is 58.2 Å². The number of hydrogen-bond acceptors (Lipinski definition) is 22. The van der Waals surface area contributed by atoms with Crippen molar-refractivity contribution in [2.75, 3.05) is 72.0 Å². The van der Waals surface area contributed by atoms with Gasteiger partial charge in [-0.05, 0) is 129 Å². The summed E-state index contributed by atoms with van der Waals surface area (Å²) in [6.07, 6.45) is 5.86. The number of nitrogens with one attached hydrogen (secondary N) is 10. The third-order valence-electron chi connectivity index (χ3n) is 14.3. The number of imidazole rings is 1. The van der Waals surface area contributed by atoms with Crippen LogP contribution in [-0.2, 0) is 54.4 Å². The number of guanidine groups is 1. The lowest BCUT2D eigenvalue weighted by molar-refractivity contribution is -0.142. The standard InChI is InChI=1S/C54H101N23O12/c55-18-4-1-12-33(62)45(81)75-44(41(79)28-61)52(88)76-43(40(78)27-60)51(87)68-30-42(80)70-37(15-9-22-59)53(89)77-25-11-17-39(77)50(86)74-38(26-32-29-65-31-69-32)49(85)73-35(14-3-6-20-57)47(83)72-36(16-10-24-67-54(63)64)48(84)71-34(13-2-5-19-56)46(82)66-23-8-7-21-58/h16,29,31,33-35,37-41,43-44,78-79H,1-15,17-28,30,55-62H2,(H,65,69)(H,66,82)(H,68,87)(H,70,80)(H,71,84)(H,72,83)(H,73,85)(H,74,86)(H,75,81)(H,76,88)(H4,63,64,67)/b36-16-/t33?,34-,35?,37+,38?,39?,40-,41?,43-,44-/m0/s1. The molecule has 504 valence electrons. The first-order valence-electron chi connectivity index (χ1n) is 30.3. The van der Waals surface area contributed by atoms with E-state index in [4.69, 9.17) is 57.3 Å². The number of aliphatic hydroxyl groups is 2. The number of nitrogens with two attached hydrogens (primary N) is 10. The Morgan fingerprint density at radius 2 is 1.20 bits per heavy atom. The highest BCUT2D eigenvalue weighted by molar-refractivity contribution is 6.02. The van der Waals surface area contributed by atoms with Gasteiger partial charge in [0.15, 0.2) is 5.96 Å². The van der Waals surface area contributed by atoms with Gasteiger partial charge in [-0.3, -0.25) is 52.9 Å². The van der Waals surface area contributed by atoms with Crippen molar-refractivity contribution in [3.63, 3.8) is 0 Å². The van der Waals surface area contributed by atoms with E-state index in [1.165, 1.54) is 23.5 Å². The van der Waals surface area contributed by atoms with Gasteiger partial charge in [0.25, 0.3) is 5.91 Å². The van der Waals surface area contributed by atoms with Crippen LogP contribution in [0, 0.1) is 0 Å². The predicted octanol–water partition coefficient (Wildman–Crippen LogP) is -9.42. The maximum Gasteiger partial charge on any atom is 0.268 e. The van der Waals surface area contributed by atoms with E-state index < -0.39 is 139 Å². The number of unbranched alkanes of at least 4 members (excludes halogenated alkanes) is 4. The number of hydrogen-bond donors (Lipinski definition) is 22. The Morgan fingerprint density at radius 1 is 0.629 bits per heavy atom. The average Bonchev–Trinajstić information content (AvgIpc) is 3.90. The third kappa shape index (κ3) is 29.1. The highest BCUT2D eigenvalue weighted by atomic mass is 16.3. The summed E-state index contributed by atoms with van der Waals surface area (Å²) < 4.78 is 0. The third-order valence-corrected chi connectivity index (χ3v) is 14.3. The number of aromatic nitrogens is 2. The summed E-state index contributed by atoms with van der Waals surface area (Å²) >= 11 is 0. The number of aliphatic hydroxyl groups excluding tert-OH is 2. The second kappa shape index (κ2) is 44.0. The number of amides is 10. The zero-order valence-electron chi connectivity index (χ0n) is 50.9. The van der Waals surface area contributed by atoms with Gasteiger partial charge in [-0.1, -0.05) is 12.5 Å². The van der Waals surface area contributed by atoms with Crippen molar-refractivity contribution >= 4 is 65.0 Å². The Hall–Kier alpha value is -7.48. The zero-order chi connectivity index (χ0) is 66.3. The van der Waals surface area contributed by atoms with Crippen LogP contribution in [0.1, 0.15) is 108 Å². The molecule has 10 amide bonds. The molecular formula is C54H101N23O12. The highest BCUT2D eigenvalue weighted by Gasteiger charge is 2.40. The lowest BCUT2D eigenvalue weighted by atomic mass is 10.0. The van der Waals surface area contributed by atoms with E-state index in [0.29, 0.717) is 89.7 Å². The molecule has 0 aliphatic carbocycles. The van der Waals surface area contributed by atoms with Gasteiger partial charge < -0.3 is 125 Å². The molecular weight excluding hydrogens is 1160 g/mol. The van der Waals surface area contributed by atoms with Crippen LogP contribution in [0.3, 0.4) is 0 Å². The minimum absolute atomic E-state index is 0.0148. The van der Waals surface area contributed by atoms with Gasteiger partial charge in [0, 0.05) is 51.0 Å². The number of aromatic amines is 1. The van der Waals surface area contributed by atoms with Gasteiger partial charge in [-0.25, -0.2) is 4.98 Å². The van der Waals surface area contributed by atoms with E-state index >= 15 is 0 Å². The van der Waals surface area contributed by atoms with Crippen molar-refractivity contribution in [3.05, 3.63) is 30.0 Å². The van der Waals surface area contributed by atoms with Gasteiger partial charge >= 0.3 is 0 Å². The fraction of sp³-hybridized carbons (Fsp3) is 0.704. The first-order chi connectivity index (χ1) is 42.6. The average molecular weight is 1260 g/mol. The summed E-state index contributed by atoms with van der Waals surface area (Å²) in [5.41, 5.74) is 56.8. The SMILES string of the molecule is NCCCCNC(=O)[C@H](CCCCN)NC(=O)/C(=C/CCN=C(N)N)NC(=O)C(CCCCN)NC(=O)C(Cc1cnc[nH]1)NC(=O)C1CCCN1C(=O)[C@@H](CCCN)NC(=O)CNC(=O)[C@@H](NC(=O)[C@@H](NC(=O)C(N)CCCCN)C(O)CN)[C@@H](O)CN. The zero-order valence-corrected chi connectivity index (χ0v) is 50.9. The van der Waals surface area contributed by atoms with Gasteiger partial charge in [0.1, 0.15) is 48.0 Å². The van der Waals surface area contributed by atoms with E-state index in [2.05, 4.69) is 62.8 Å². The van der Waals surface area contributed by atoms with Crippen LogP contribution in [0.15, 0.2) is 29.3 Å². The minimum Gasteiger partial charge on any atom is -0.389 e. The molecule has 1 saturated heterocycles. The van der Waals surface area contributed by atoms with Crippen LogP contribution in [0.4, 0.5) is 0 Å². The quantitative estimate of drug-likeness (QED) is 0.0125. The first-order valence-corrected chi connectivity index (χ1v) is 30.3. The second-order valence-electron chi connectivity index (χ2n) is 21.4. The maximum absolute atomic E-state index is 14.5. The molecule has 0 spiro atoms. The molecule has 0 aromatic carbocycles. The molecule has 0 bridgehead atoms. The number of rotatable bonds is 46. The van der Waals surface area contributed by atoms with Gasteiger partial charge in [-0.2, -0.15) is 0 Å². The Labute approximate surface area is 518 Å². The summed E-state index contributed by atoms with van der Waals surface area (Å²) in [6.45, 7) is -0.0523. The summed E-state index contributed by atoms with van der Waals surface area (Å²) in [6, 6.07) is -10.9. The summed E-state index contributed by atoms with van der Waals surface area (Å²) in [5, 5.41) is 44.3. The molecule has 2 heterocycles. The summed E-state index contributed by atoms with van der Waals surface area (Å²) in [7, 11) is 0. The van der Waals surface area contributed by atoms with Crippen molar-refractivity contribution in [2.24, 2.45) is 62.3 Å². The fourth-order valence-corrected chi connectivity index (χ4v) is 9.25. The van der Waals surface area contributed by atoms with Crippen LogP contribution in [-0.4, -0.2) is 223 Å². The summed E-state index contributed by atoms with van der Waals surface area (Å²) in [4.78, 5) is 151. The van der Waals surface area contributed by atoms with Crippen molar-refractivity contribution in [2.45, 2.75) is 170 Å². The Morgan fingerprint density at radius 3 is 1.79 bits per heavy atom. The van der Waals surface area contributed by atoms with Crippen LogP contribution < -0.4 is 105 Å². The van der Waals surface area contributed by atoms with Crippen molar-refractivity contribution in [1.29, 1.82) is 0 Å². The van der Waals surface area contributed by atoms with Gasteiger partial charge in [0.2, 0.25) is 53.2 Å². The molecule has 1 fully saturated rings. The molecule has 1 aromatic rings. The van der Waals surface area contributed by atoms with Crippen LogP contribution in [0.5, 0.6) is 0 Å². The number of nitrogens with zero attached hydrogens (tertiary/aromatic N) is 3. The lowest BCUT2D eigenvalue weighted by Gasteiger charge is -2.30. The monoisotopic (exact) mass is 1260 g/mol. The number of likely N-dealkylation sites (tertiary alicyclic amines) is 1. The van der Waals surface area contributed by atoms with Crippen molar-refractivity contribution in [1.82, 2.24) is 62.7 Å². The predicted molar refractivity (Wildman–Crippen MR) is 330 cm³/mol. The van der Waals surface area contributed by atoms with Crippen LogP contribution in [0.2, 0.25) is 0 Å². The van der Waals surface area contributed by atoms with E-state index in [1.807, 2.05) is 0 Å². The van der Waals surface area contributed by atoms with Crippen molar-refractivity contribution < 1.29 is 58.2 Å². The van der Waals surface area contributed by atoms with E-state index in [1.54, 1.807) is 0 Å². The molecule has 1 aromatic heterocycles. The molecule has 35 heteroatoms. The molecule has 2 rings (SSSR count). The minimum atomic E-state index is -1.84. The number of carbonyl (C=O) groups excluding carboxylic acids is 10. The first kappa shape index (κ1) is 77.6. The molecule has 10 atom stereocenters. The molecule has 32 N–H and O–H groups in total. The summed E-state index contributed by atoms with van der Waals surface area (Å²) in [5.74, 6) is -8.63. The fourth-order valence-electron chi connectivity index (χ4n) is 9.25. The van der Waals surface area contributed by atoms with Gasteiger partial charge in [0.05, 0.1) is 31.1 Å². The highest BCUT2D eigenvalue weighted by Crippen LogP contribution is 2.21. The Balaban J connectivity index is 2.39. The van der Waals surface area contributed by atoms with Crippen LogP contribution >= 0.6 is 0 Å². The molecule has 5 unspecified atom stereocenters. The largest absolute Gasteiger partial charge is 0.389 e. The number of H-pyrrole nitrogens is 1. The lowest BCUT2D eigenvalue weighted by Crippen LogP contribution is -2.63. The molecule has 1 aliphatic heterocycles. The van der Waals surface area contributed by atoms with Gasteiger partial charge in [-0.15, -0.1) is 0 Å². The Kier molecular flexibility index (Phi) is 38.4. The van der Waals surface area contributed by atoms with E-state index in [0.717, 1.165) is 0 Å². The second-order valence-corrected chi connectivity index (χ2v) is 21.4. The smallest absolute Gasteiger partial charge is 0.268 e. The normalized spacial score (nSPS) is 16.1. The molecule has 0 radical (unpaired) electrons. The molecule has 0 saturated carbocycles.